The van der Waals surface area contributed by atoms with E-state index in [0.717, 1.165) is 12.8 Å². The molecule has 3 nitrogen and oxygen atoms in total. The first-order chi connectivity index (χ1) is 9.46. The van der Waals surface area contributed by atoms with Crippen LogP contribution in [0.1, 0.15) is 26.7 Å². The zero-order valence-corrected chi connectivity index (χ0v) is 11.6. The van der Waals surface area contributed by atoms with Gasteiger partial charge in [-0.1, -0.05) is 26.0 Å². The Labute approximate surface area is 117 Å². The highest BCUT2D eigenvalue weighted by Crippen LogP contribution is 2.21. The van der Waals surface area contributed by atoms with Crippen LogP contribution in [0.5, 0.6) is 5.75 Å². The molecule has 0 saturated heterocycles. The first-order valence-electron chi connectivity index (χ1n) is 6.55. The fraction of sp³-hybridized carbons (Fsp3) is 0.538. The highest BCUT2D eigenvalue weighted by Gasteiger charge is 2.31. The first kappa shape index (κ1) is 16.8. The summed E-state index contributed by atoms with van der Waals surface area (Å²) >= 11 is 0. The third-order valence-corrected chi connectivity index (χ3v) is 2.33. The van der Waals surface area contributed by atoms with Crippen LogP contribution in [0, 0.1) is 0 Å². The van der Waals surface area contributed by atoms with Crippen molar-refractivity contribution in [3.05, 3.63) is 24.3 Å². The number of hydrogen-bond acceptors (Lipinski definition) is 3. The topological polar surface area (TPSA) is 27.7 Å². The second kappa shape index (κ2) is 8.16. The number of rotatable bonds is 8. The highest BCUT2D eigenvalue weighted by molar-refractivity contribution is 6.61. The maximum Gasteiger partial charge on any atom is 0.573 e. The van der Waals surface area contributed by atoms with Gasteiger partial charge >= 0.3 is 13.5 Å². The molecule has 1 aromatic carbocycles. The predicted octanol–water partition coefficient (Wildman–Crippen LogP) is 3.13. The van der Waals surface area contributed by atoms with E-state index in [0.29, 0.717) is 18.7 Å². The third kappa shape index (κ3) is 6.30. The number of halogens is 3. The van der Waals surface area contributed by atoms with Gasteiger partial charge < -0.3 is 14.0 Å². The number of hydrogen-bond donors (Lipinski definition) is 0. The van der Waals surface area contributed by atoms with E-state index in [4.69, 9.17) is 9.31 Å². The van der Waals surface area contributed by atoms with Gasteiger partial charge in [0.2, 0.25) is 0 Å². The summed E-state index contributed by atoms with van der Waals surface area (Å²) < 4.78 is 51.1. The van der Waals surface area contributed by atoms with E-state index in [1.165, 1.54) is 24.3 Å². The van der Waals surface area contributed by atoms with Crippen molar-refractivity contribution in [3.8, 4) is 5.75 Å². The molecule has 0 aromatic heterocycles. The van der Waals surface area contributed by atoms with Crippen molar-refractivity contribution in [1.82, 2.24) is 0 Å². The van der Waals surface area contributed by atoms with Crippen molar-refractivity contribution in [3.63, 3.8) is 0 Å². The smallest absolute Gasteiger partial charge is 0.407 e. The summed E-state index contributed by atoms with van der Waals surface area (Å²) in [4.78, 5) is 0. The van der Waals surface area contributed by atoms with Crippen LogP contribution < -0.4 is 10.2 Å². The molecule has 0 amide bonds. The van der Waals surface area contributed by atoms with Gasteiger partial charge in [0, 0.05) is 13.2 Å². The van der Waals surface area contributed by atoms with Gasteiger partial charge in [0.15, 0.2) is 0 Å². The van der Waals surface area contributed by atoms with Gasteiger partial charge in [-0.2, -0.15) is 0 Å². The summed E-state index contributed by atoms with van der Waals surface area (Å²) in [6.45, 7) is 4.98. The van der Waals surface area contributed by atoms with Crippen LogP contribution in [0.25, 0.3) is 0 Å². The van der Waals surface area contributed by atoms with E-state index in [9.17, 15) is 13.2 Å². The van der Waals surface area contributed by atoms with Crippen molar-refractivity contribution in [2.45, 2.75) is 33.1 Å². The Hall–Kier alpha value is -1.21. The van der Waals surface area contributed by atoms with Gasteiger partial charge in [0.05, 0.1) is 0 Å². The normalized spacial score (nSPS) is 11.4. The molecule has 0 bridgehead atoms. The van der Waals surface area contributed by atoms with Crippen LogP contribution in [0.3, 0.4) is 0 Å². The minimum Gasteiger partial charge on any atom is -0.407 e. The average molecular weight is 290 g/mol. The van der Waals surface area contributed by atoms with Crippen molar-refractivity contribution in [1.29, 1.82) is 0 Å². The maximum atomic E-state index is 12.1. The summed E-state index contributed by atoms with van der Waals surface area (Å²) in [5.41, 5.74) is 0.668. The van der Waals surface area contributed by atoms with Crippen LogP contribution in [0.15, 0.2) is 24.3 Å². The second-order valence-electron chi connectivity index (χ2n) is 4.19. The lowest BCUT2D eigenvalue weighted by Gasteiger charge is -2.15. The SMILES string of the molecule is CCCOB(OCCC)c1ccc(OC(F)(F)F)cc1. The summed E-state index contributed by atoms with van der Waals surface area (Å²) in [7, 11) is -0.560. The molecule has 0 heterocycles. The molecule has 1 rings (SSSR count). The molecule has 0 aliphatic rings. The Morgan fingerprint density at radius 1 is 0.950 bits per heavy atom. The summed E-state index contributed by atoms with van der Waals surface area (Å²) in [5.74, 6) is -0.258. The molecule has 0 atom stereocenters. The molecule has 0 saturated carbocycles. The number of alkyl halides is 3. The van der Waals surface area contributed by atoms with Crippen LogP contribution in [-0.4, -0.2) is 26.7 Å². The Kier molecular flexibility index (Phi) is 6.88. The van der Waals surface area contributed by atoms with Gasteiger partial charge in [-0.05, 0) is 30.4 Å². The Morgan fingerprint density at radius 2 is 1.45 bits per heavy atom. The summed E-state index contributed by atoms with van der Waals surface area (Å²) in [6.07, 6.45) is -3.01. The molecule has 0 aliphatic carbocycles. The molecule has 20 heavy (non-hydrogen) atoms. The average Bonchev–Trinajstić information content (AvgIpc) is 2.38. The molecule has 0 spiro atoms. The van der Waals surface area contributed by atoms with E-state index >= 15 is 0 Å². The van der Waals surface area contributed by atoms with Crippen LogP contribution in [0.2, 0.25) is 0 Å². The second-order valence-corrected chi connectivity index (χ2v) is 4.19. The van der Waals surface area contributed by atoms with Gasteiger partial charge in [-0.3, -0.25) is 0 Å². The monoisotopic (exact) mass is 290 g/mol. The lowest BCUT2D eigenvalue weighted by molar-refractivity contribution is -0.274. The molecular formula is C13H18BF3O3. The van der Waals surface area contributed by atoms with Gasteiger partial charge in [-0.15, -0.1) is 13.2 Å². The van der Waals surface area contributed by atoms with Gasteiger partial charge in [0.25, 0.3) is 0 Å². The van der Waals surface area contributed by atoms with E-state index in [-0.39, 0.29) is 5.75 Å². The van der Waals surface area contributed by atoms with Crippen molar-refractivity contribution in [2.24, 2.45) is 0 Å². The molecule has 0 N–H and O–H groups in total. The third-order valence-electron chi connectivity index (χ3n) is 2.33. The van der Waals surface area contributed by atoms with Crippen molar-refractivity contribution < 1.29 is 27.2 Å². The van der Waals surface area contributed by atoms with Crippen LogP contribution >= 0.6 is 0 Å². The zero-order chi connectivity index (χ0) is 15.0. The molecule has 0 radical (unpaired) electrons. The van der Waals surface area contributed by atoms with E-state index in [2.05, 4.69) is 4.74 Å². The zero-order valence-electron chi connectivity index (χ0n) is 11.6. The molecular weight excluding hydrogens is 272 g/mol. The Balaban J connectivity index is 2.70. The number of ether oxygens (including phenoxy) is 1. The maximum absolute atomic E-state index is 12.1. The van der Waals surface area contributed by atoms with Gasteiger partial charge in [0.1, 0.15) is 5.75 Å². The van der Waals surface area contributed by atoms with Crippen molar-refractivity contribution >= 4 is 12.6 Å². The van der Waals surface area contributed by atoms with Crippen LogP contribution in [-0.2, 0) is 9.31 Å². The Bertz CT molecular complexity index is 373. The van der Waals surface area contributed by atoms with Crippen molar-refractivity contribution in [2.75, 3.05) is 13.2 Å². The van der Waals surface area contributed by atoms with E-state index in [1.54, 1.807) is 0 Å². The van der Waals surface area contributed by atoms with Gasteiger partial charge in [-0.25, -0.2) is 0 Å². The molecule has 112 valence electrons. The predicted molar refractivity (Wildman–Crippen MR) is 71.0 cm³/mol. The summed E-state index contributed by atoms with van der Waals surface area (Å²) in [5, 5.41) is 0. The van der Waals surface area contributed by atoms with E-state index < -0.39 is 13.5 Å². The first-order valence-corrected chi connectivity index (χ1v) is 6.55. The molecule has 0 aliphatic heterocycles. The largest absolute Gasteiger partial charge is 0.573 e. The standard InChI is InChI=1S/C13H18BF3O3/c1-3-9-18-14(19-10-4-2)11-5-7-12(8-6-11)20-13(15,16)17/h5-8H,3-4,9-10H2,1-2H3. The fourth-order valence-corrected chi connectivity index (χ4v) is 1.52. The van der Waals surface area contributed by atoms with Crippen LogP contribution in [0.4, 0.5) is 13.2 Å². The molecule has 1 aromatic rings. The fourth-order valence-electron chi connectivity index (χ4n) is 1.52. The lowest BCUT2D eigenvalue weighted by Crippen LogP contribution is -2.37. The highest BCUT2D eigenvalue weighted by atomic mass is 19.4. The quantitative estimate of drug-likeness (QED) is 0.688. The number of benzene rings is 1. The lowest BCUT2D eigenvalue weighted by atomic mass is 9.78. The molecule has 7 heteroatoms. The molecule has 0 fully saturated rings. The Morgan fingerprint density at radius 3 is 1.85 bits per heavy atom. The molecule has 0 unspecified atom stereocenters. The minimum absolute atomic E-state index is 0.258. The minimum atomic E-state index is -4.68. The van der Waals surface area contributed by atoms with E-state index in [1.807, 2.05) is 13.8 Å². The summed E-state index contributed by atoms with van der Waals surface area (Å²) in [6, 6.07) is 5.52.